The molecule has 2 aliphatic rings. The van der Waals surface area contributed by atoms with Crippen LogP contribution in [0.4, 0.5) is 26.2 Å². The van der Waals surface area contributed by atoms with Gasteiger partial charge in [-0.2, -0.15) is 0 Å². The van der Waals surface area contributed by atoms with Crippen molar-refractivity contribution in [2.75, 3.05) is 28.6 Å². The summed E-state index contributed by atoms with van der Waals surface area (Å²) in [5.41, 5.74) is 2.58. The van der Waals surface area contributed by atoms with E-state index in [0.717, 1.165) is 29.4 Å². The minimum Gasteiger partial charge on any atom is -0.367 e. The summed E-state index contributed by atoms with van der Waals surface area (Å²) in [7, 11) is 0. The molecule has 0 spiro atoms. The quantitative estimate of drug-likeness (QED) is 0.691. The molecule has 1 saturated heterocycles. The van der Waals surface area contributed by atoms with Gasteiger partial charge >= 0.3 is 6.03 Å². The number of fused-ring (bicyclic) bond motifs is 2. The SMILES string of the molecule is Cc1ccc(F)c(N2CC3CC3C2)c1NC(=O)Nc1cccc2cnccc12. The van der Waals surface area contributed by atoms with E-state index >= 15 is 0 Å². The average Bonchev–Trinajstić information content (AvgIpc) is 3.30. The molecule has 142 valence electrons. The van der Waals surface area contributed by atoms with E-state index in [-0.39, 0.29) is 11.8 Å². The van der Waals surface area contributed by atoms with Gasteiger partial charge in [0.1, 0.15) is 5.82 Å². The Morgan fingerprint density at radius 1 is 1.14 bits per heavy atom. The number of halogens is 1. The summed E-state index contributed by atoms with van der Waals surface area (Å²) in [6, 6.07) is 10.3. The lowest BCUT2D eigenvalue weighted by atomic mass is 10.1. The first-order valence-electron chi connectivity index (χ1n) is 9.55. The van der Waals surface area contributed by atoms with Gasteiger partial charge in [0.05, 0.1) is 17.1 Å². The second-order valence-electron chi connectivity index (χ2n) is 7.73. The monoisotopic (exact) mass is 376 g/mol. The first-order chi connectivity index (χ1) is 13.6. The molecule has 2 atom stereocenters. The highest BCUT2D eigenvalue weighted by Crippen LogP contribution is 2.48. The van der Waals surface area contributed by atoms with Gasteiger partial charge in [0.2, 0.25) is 0 Å². The number of piperidine rings is 1. The predicted octanol–water partition coefficient (Wildman–Crippen LogP) is 4.78. The summed E-state index contributed by atoms with van der Waals surface area (Å²) in [5, 5.41) is 7.64. The van der Waals surface area contributed by atoms with Gasteiger partial charge in [-0.3, -0.25) is 4.98 Å². The number of pyridine rings is 1. The lowest BCUT2D eigenvalue weighted by molar-refractivity contribution is 0.262. The van der Waals surface area contributed by atoms with Gasteiger partial charge in [0.15, 0.2) is 0 Å². The van der Waals surface area contributed by atoms with Gasteiger partial charge < -0.3 is 15.5 Å². The maximum absolute atomic E-state index is 14.7. The van der Waals surface area contributed by atoms with Crippen LogP contribution in [-0.4, -0.2) is 24.1 Å². The molecular weight excluding hydrogens is 355 g/mol. The van der Waals surface area contributed by atoms with Gasteiger partial charge in [-0.05, 0) is 48.9 Å². The van der Waals surface area contributed by atoms with Crippen LogP contribution in [0.2, 0.25) is 0 Å². The molecule has 2 heterocycles. The molecule has 6 heteroatoms. The smallest absolute Gasteiger partial charge is 0.323 e. The minimum absolute atomic E-state index is 0.293. The number of anilines is 3. The molecule has 5 rings (SSSR count). The first-order valence-corrected chi connectivity index (χ1v) is 9.55. The fourth-order valence-corrected chi connectivity index (χ4v) is 4.21. The van der Waals surface area contributed by atoms with Crippen LogP contribution in [0.1, 0.15) is 12.0 Å². The van der Waals surface area contributed by atoms with Crippen LogP contribution in [-0.2, 0) is 0 Å². The van der Waals surface area contributed by atoms with Crippen molar-refractivity contribution in [2.24, 2.45) is 11.8 Å². The fraction of sp³-hybridized carbons (Fsp3) is 0.273. The molecule has 2 unspecified atom stereocenters. The summed E-state index contributed by atoms with van der Waals surface area (Å²) < 4.78 is 14.7. The molecule has 1 aromatic heterocycles. The van der Waals surface area contributed by atoms with Crippen molar-refractivity contribution in [3.05, 3.63) is 60.2 Å². The van der Waals surface area contributed by atoms with Crippen LogP contribution >= 0.6 is 0 Å². The third-order valence-electron chi connectivity index (χ3n) is 5.80. The van der Waals surface area contributed by atoms with Crippen molar-refractivity contribution in [1.29, 1.82) is 0 Å². The number of nitrogens with one attached hydrogen (secondary N) is 2. The number of amides is 2. The number of benzene rings is 2. The predicted molar refractivity (Wildman–Crippen MR) is 109 cm³/mol. The molecular formula is C22H21FN4O. The molecule has 0 radical (unpaired) electrons. The Morgan fingerprint density at radius 3 is 2.79 bits per heavy atom. The molecule has 1 saturated carbocycles. The Hall–Kier alpha value is -3.15. The standard InChI is InChI=1S/C22H21FN4O/c1-13-5-6-18(23)21(27-11-15-9-16(15)12-27)20(13)26-22(28)25-19-4-2-3-14-10-24-8-7-17(14)19/h2-8,10,15-16H,9,11-12H2,1H3,(H2,25,26,28). The molecule has 2 aromatic carbocycles. The normalized spacial score (nSPS) is 20.1. The maximum Gasteiger partial charge on any atom is 0.323 e. The molecule has 1 aliphatic heterocycles. The molecule has 3 aromatic rings. The highest BCUT2D eigenvalue weighted by Gasteiger charge is 2.46. The Bertz CT molecular complexity index is 1070. The van der Waals surface area contributed by atoms with Crippen LogP contribution in [0.3, 0.4) is 0 Å². The third-order valence-corrected chi connectivity index (χ3v) is 5.80. The number of carbonyl (C=O) groups is 1. The van der Waals surface area contributed by atoms with Crippen molar-refractivity contribution in [1.82, 2.24) is 4.98 Å². The van der Waals surface area contributed by atoms with Crippen molar-refractivity contribution in [2.45, 2.75) is 13.3 Å². The number of aromatic nitrogens is 1. The van der Waals surface area contributed by atoms with Gasteiger partial charge in [-0.25, -0.2) is 9.18 Å². The van der Waals surface area contributed by atoms with Gasteiger partial charge in [-0.15, -0.1) is 0 Å². The zero-order chi connectivity index (χ0) is 19.3. The zero-order valence-electron chi connectivity index (χ0n) is 15.6. The number of rotatable bonds is 3. The number of urea groups is 1. The second kappa shape index (κ2) is 6.48. The van der Waals surface area contributed by atoms with E-state index in [4.69, 9.17) is 0 Å². The van der Waals surface area contributed by atoms with Gasteiger partial charge in [0, 0.05) is 36.3 Å². The van der Waals surface area contributed by atoms with E-state index in [1.807, 2.05) is 31.2 Å². The van der Waals surface area contributed by atoms with Crippen LogP contribution in [0.5, 0.6) is 0 Å². The van der Waals surface area contributed by atoms with Crippen molar-refractivity contribution >= 4 is 33.9 Å². The van der Waals surface area contributed by atoms with Crippen LogP contribution < -0.4 is 15.5 Å². The van der Waals surface area contributed by atoms with E-state index in [1.165, 1.54) is 12.5 Å². The first kappa shape index (κ1) is 17.0. The summed E-state index contributed by atoms with van der Waals surface area (Å²) >= 11 is 0. The summed E-state index contributed by atoms with van der Waals surface area (Å²) in [5.74, 6) is 1.05. The number of aryl methyl sites for hydroxylation is 1. The van der Waals surface area contributed by atoms with E-state index in [1.54, 1.807) is 18.5 Å². The Kier molecular flexibility index (Phi) is 3.93. The molecule has 2 fully saturated rings. The number of nitrogens with zero attached hydrogens (tertiary/aromatic N) is 2. The largest absolute Gasteiger partial charge is 0.367 e. The lowest BCUT2D eigenvalue weighted by Gasteiger charge is -2.25. The molecule has 0 bridgehead atoms. The lowest BCUT2D eigenvalue weighted by Crippen LogP contribution is -2.27. The van der Waals surface area contributed by atoms with E-state index < -0.39 is 0 Å². The minimum atomic E-state index is -0.386. The Labute approximate surface area is 162 Å². The third kappa shape index (κ3) is 2.95. The highest BCUT2D eigenvalue weighted by atomic mass is 19.1. The molecule has 2 N–H and O–H groups in total. The Morgan fingerprint density at radius 2 is 1.96 bits per heavy atom. The fourth-order valence-electron chi connectivity index (χ4n) is 4.21. The summed E-state index contributed by atoms with van der Waals surface area (Å²) in [6.07, 6.45) is 4.69. The molecule has 5 nitrogen and oxygen atoms in total. The highest BCUT2D eigenvalue weighted by molar-refractivity contribution is 6.07. The van der Waals surface area contributed by atoms with Crippen molar-refractivity contribution in [3.63, 3.8) is 0 Å². The Balaban J connectivity index is 1.42. The topological polar surface area (TPSA) is 57.3 Å². The van der Waals surface area contributed by atoms with E-state index in [2.05, 4.69) is 20.5 Å². The summed E-state index contributed by atoms with van der Waals surface area (Å²) in [4.78, 5) is 18.9. The van der Waals surface area contributed by atoms with Crippen LogP contribution in [0, 0.1) is 24.6 Å². The van der Waals surface area contributed by atoms with Crippen molar-refractivity contribution in [3.8, 4) is 0 Å². The molecule has 1 aliphatic carbocycles. The number of hydrogen-bond acceptors (Lipinski definition) is 3. The average molecular weight is 376 g/mol. The van der Waals surface area contributed by atoms with E-state index in [9.17, 15) is 9.18 Å². The van der Waals surface area contributed by atoms with Gasteiger partial charge in [0.25, 0.3) is 0 Å². The van der Waals surface area contributed by atoms with Crippen LogP contribution in [0.25, 0.3) is 10.8 Å². The molecule has 2 amide bonds. The zero-order valence-corrected chi connectivity index (χ0v) is 15.6. The summed E-state index contributed by atoms with van der Waals surface area (Å²) in [6.45, 7) is 3.61. The number of hydrogen-bond donors (Lipinski definition) is 2. The van der Waals surface area contributed by atoms with Crippen molar-refractivity contribution < 1.29 is 9.18 Å². The molecule has 28 heavy (non-hydrogen) atoms. The second-order valence-corrected chi connectivity index (χ2v) is 7.73. The number of carbonyl (C=O) groups excluding carboxylic acids is 1. The maximum atomic E-state index is 14.7. The van der Waals surface area contributed by atoms with Crippen LogP contribution in [0.15, 0.2) is 48.8 Å². The van der Waals surface area contributed by atoms with Gasteiger partial charge in [-0.1, -0.05) is 18.2 Å². The van der Waals surface area contributed by atoms with E-state index in [0.29, 0.717) is 28.9 Å².